The molecule has 2 heterocycles. The van der Waals surface area contributed by atoms with Crippen molar-refractivity contribution in [2.24, 2.45) is 4.99 Å². The highest BCUT2D eigenvalue weighted by atomic mass is 35.5. The molecule has 63 heavy (non-hydrogen) atoms. The summed E-state index contributed by atoms with van der Waals surface area (Å²) in [5.74, 6) is 0.276. The Morgan fingerprint density at radius 1 is 0.762 bits per heavy atom. The minimum atomic E-state index is -1.59. The molecular weight excluding hydrogens is 845 g/mol. The summed E-state index contributed by atoms with van der Waals surface area (Å²) in [6, 6.07) is 24.4. The number of pyridine rings is 2. The van der Waals surface area contributed by atoms with Crippen LogP contribution in [0.2, 0.25) is 10.0 Å². The van der Waals surface area contributed by atoms with E-state index >= 15 is 0 Å². The fraction of sp³-hybridized carbons (Fsp3) is 0.229. The van der Waals surface area contributed by atoms with Gasteiger partial charge in [0.05, 0.1) is 22.2 Å². The topological polar surface area (TPSA) is 189 Å². The third-order valence-corrected chi connectivity index (χ3v) is 10.7. The molecule has 0 bridgehead atoms. The molecule has 15 heteroatoms. The van der Waals surface area contributed by atoms with Crippen LogP contribution in [0.3, 0.4) is 0 Å². The van der Waals surface area contributed by atoms with Gasteiger partial charge >= 0.3 is 5.97 Å². The second kappa shape index (κ2) is 22.0. The standard InChI is InChI=1S/C48H45Cl2N5O8/c1-29-35(27-62-46-14-44(60-25-33-10-31(16-51)18-53-20-33)37(12-41(46)49)22-55-23-43(57)48(58)59)6-4-8-39(29)40-9-5-7-36(30(40)2)28-63-47-15-45(38(24-56)13-42(47)50)61-26-34-11-32(17-52-3)19-54-21-34/h4-15,17-21,43,55-57H,22-28H2,1-3H3,(H,58,59)/b52-17+. The third kappa shape index (κ3) is 12.1. The lowest BCUT2D eigenvalue weighted by atomic mass is 9.92. The van der Waals surface area contributed by atoms with E-state index < -0.39 is 12.1 Å². The molecule has 0 amide bonds. The zero-order valence-electron chi connectivity index (χ0n) is 34.8. The van der Waals surface area contributed by atoms with Crippen molar-refractivity contribution in [2.45, 2.75) is 59.5 Å². The molecule has 4 aromatic carbocycles. The average Bonchev–Trinajstić information content (AvgIpc) is 3.28. The third-order valence-electron chi connectivity index (χ3n) is 10.1. The molecule has 0 aliphatic rings. The van der Waals surface area contributed by atoms with Crippen LogP contribution in [-0.2, 0) is 44.4 Å². The Kier molecular flexibility index (Phi) is 16.1. The maximum atomic E-state index is 11.1. The van der Waals surface area contributed by atoms with Gasteiger partial charge < -0.3 is 39.6 Å². The number of aromatic nitrogens is 2. The second-order valence-electron chi connectivity index (χ2n) is 14.5. The Morgan fingerprint density at radius 3 is 1.86 bits per heavy atom. The molecule has 0 aliphatic heterocycles. The molecule has 0 spiro atoms. The number of nitrogens with zero attached hydrogens (tertiary/aromatic N) is 4. The molecule has 324 valence electrons. The average molecular weight is 891 g/mol. The first-order valence-corrected chi connectivity index (χ1v) is 20.5. The van der Waals surface area contributed by atoms with Gasteiger partial charge in [-0.3, -0.25) is 15.0 Å². The molecule has 2 aromatic heterocycles. The number of benzene rings is 4. The van der Waals surface area contributed by atoms with Gasteiger partial charge in [-0.25, -0.2) is 4.79 Å². The van der Waals surface area contributed by atoms with Gasteiger partial charge in [-0.05, 0) is 71.5 Å². The number of aliphatic imine (C=N–C) groups is 1. The van der Waals surface area contributed by atoms with Crippen LogP contribution in [-0.4, -0.2) is 57.2 Å². The Morgan fingerprint density at radius 2 is 1.30 bits per heavy atom. The highest BCUT2D eigenvalue weighted by Crippen LogP contribution is 2.37. The fourth-order valence-corrected chi connectivity index (χ4v) is 7.15. The van der Waals surface area contributed by atoms with E-state index in [1.54, 1.807) is 62.2 Å². The van der Waals surface area contributed by atoms with Crippen LogP contribution in [0, 0.1) is 25.2 Å². The Balaban J connectivity index is 1.17. The number of carbonyl (C=O) groups is 1. The van der Waals surface area contributed by atoms with Crippen LogP contribution in [0.1, 0.15) is 55.6 Å². The Bertz CT molecular complexity index is 2650. The summed E-state index contributed by atoms with van der Waals surface area (Å²) < 4.78 is 24.9. The summed E-state index contributed by atoms with van der Waals surface area (Å²) in [6.07, 6.45) is 6.60. The summed E-state index contributed by atoms with van der Waals surface area (Å²) in [7, 11) is 1.69. The van der Waals surface area contributed by atoms with Crippen LogP contribution >= 0.6 is 23.2 Å². The first-order valence-electron chi connectivity index (χ1n) is 19.7. The molecule has 0 fully saturated rings. The lowest BCUT2D eigenvalue weighted by molar-refractivity contribution is -0.146. The number of aliphatic hydroxyl groups excluding tert-OH is 2. The SMILES string of the molecule is C/N=C/c1cncc(COc2cc(OCc3cccc(-c4cccc(COc5cc(OCc6cncc(C#N)c6)c(CNCC(O)C(=O)O)cc5Cl)c4C)c3C)c(Cl)cc2CO)c1. The molecule has 0 saturated heterocycles. The van der Waals surface area contributed by atoms with Gasteiger partial charge in [0.15, 0.2) is 6.10 Å². The van der Waals surface area contributed by atoms with Crippen molar-refractivity contribution >= 4 is 35.4 Å². The number of halogens is 2. The molecule has 0 saturated carbocycles. The smallest absolute Gasteiger partial charge is 0.333 e. The number of nitriles is 1. The van der Waals surface area contributed by atoms with E-state index in [0.29, 0.717) is 55.3 Å². The highest BCUT2D eigenvalue weighted by Gasteiger charge is 2.18. The number of ether oxygens (including phenoxy) is 4. The maximum Gasteiger partial charge on any atom is 0.333 e. The lowest BCUT2D eigenvalue weighted by Crippen LogP contribution is -2.32. The number of rotatable bonds is 20. The zero-order chi connectivity index (χ0) is 44.9. The molecule has 6 rings (SSSR count). The van der Waals surface area contributed by atoms with E-state index in [1.807, 2.05) is 44.2 Å². The van der Waals surface area contributed by atoms with Gasteiger partial charge in [0, 0.05) is 91.1 Å². The largest absolute Gasteiger partial charge is 0.488 e. The van der Waals surface area contributed by atoms with Gasteiger partial charge in [-0.1, -0.05) is 59.6 Å². The molecule has 4 N–H and O–H groups in total. The van der Waals surface area contributed by atoms with Crippen molar-refractivity contribution in [2.75, 3.05) is 13.6 Å². The summed E-state index contributed by atoms with van der Waals surface area (Å²) in [5.41, 5.74) is 9.77. The lowest BCUT2D eigenvalue weighted by Gasteiger charge is -2.19. The van der Waals surface area contributed by atoms with Gasteiger partial charge in [-0.2, -0.15) is 5.26 Å². The summed E-state index contributed by atoms with van der Waals surface area (Å²) in [6.45, 7) is 4.45. The summed E-state index contributed by atoms with van der Waals surface area (Å²) in [5, 5.41) is 41.8. The molecular formula is C48H45Cl2N5O8. The summed E-state index contributed by atoms with van der Waals surface area (Å²) >= 11 is 13.4. The van der Waals surface area contributed by atoms with Crippen molar-refractivity contribution < 1.29 is 39.1 Å². The number of hydrogen-bond acceptors (Lipinski definition) is 12. The number of carboxylic acid groups (broad SMARTS) is 1. The van der Waals surface area contributed by atoms with Gasteiger partial charge in [0.2, 0.25) is 0 Å². The van der Waals surface area contributed by atoms with E-state index in [0.717, 1.165) is 44.5 Å². The number of hydrogen-bond donors (Lipinski definition) is 4. The molecule has 1 atom stereocenters. The van der Waals surface area contributed by atoms with Crippen LogP contribution in [0.5, 0.6) is 23.0 Å². The quantitative estimate of drug-likeness (QED) is 0.0538. The van der Waals surface area contributed by atoms with E-state index in [9.17, 15) is 20.3 Å². The van der Waals surface area contributed by atoms with Crippen molar-refractivity contribution in [3.8, 4) is 40.2 Å². The van der Waals surface area contributed by atoms with Crippen molar-refractivity contribution in [1.29, 1.82) is 5.26 Å². The highest BCUT2D eigenvalue weighted by molar-refractivity contribution is 6.32. The summed E-state index contributed by atoms with van der Waals surface area (Å²) in [4.78, 5) is 23.5. The molecule has 0 aliphatic carbocycles. The van der Waals surface area contributed by atoms with Gasteiger partial charge in [0.1, 0.15) is 55.5 Å². The van der Waals surface area contributed by atoms with Crippen LogP contribution in [0.4, 0.5) is 0 Å². The van der Waals surface area contributed by atoms with Crippen LogP contribution in [0.25, 0.3) is 11.1 Å². The van der Waals surface area contributed by atoms with Gasteiger partial charge in [0.25, 0.3) is 0 Å². The first-order chi connectivity index (χ1) is 30.5. The Labute approximate surface area is 375 Å². The minimum Gasteiger partial charge on any atom is -0.488 e. The zero-order valence-corrected chi connectivity index (χ0v) is 36.3. The van der Waals surface area contributed by atoms with Crippen molar-refractivity contribution in [3.63, 3.8) is 0 Å². The van der Waals surface area contributed by atoms with Crippen LogP contribution < -0.4 is 24.3 Å². The monoisotopic (exact) mass is 889 g/mol. The number of aliphatic carboxylic acids is 1. The number of carboxylic acids is 1. The Hall–Kier alpha value is -6.53. The predicted octanol–water partition coefficient (Wildman–Crippen LogP) is 8.33. The number of aliphatic hydroxyl groups is 2. The van der Waals surface area contributed by atoms with E-state index in [1.165, 1.54) is 6.20 Å². The normalized spacial score (nSPS) is 11.6. The van der Waals surface area contributed by atoms with Gasteiger partial charge in [-0.15, -0.1) is 0 Å². The van der Waals surface area contributed by atoms with Crippen molar-refractivity contribution in [3.05, 3.63) is 163 Å². The fourth-order valence-electron chi connectivity index (χ4n) is 6.66. The second-order valence-corrected chi connectivity index (χ2v) is 15.3. The van der Waals surface area contributed by atoms with E-state index in [4.69, 9.17) is 47.3 Å². The van der Waals surface area contributed by atoms with E-state index in [2.05, 4.69) is 38.5 Å². The van der Waals surface area contributed by atoms with Crippen LogP contribution in [0.15, 0.2) is 103 Å². The molecule has 1 unspecified atom stereocenters. The predicted molar refractivity (Wildman–Crippen MR) is 240 cm³/mol. The van der Waals surface area contributed by atoms with E-state index in [-0.39, 0.29) is 46.1 Å². The first kappa shape index (κ1) is 46.0. The molecule has 6 aromatic rings. The van der Waals surface area contributed by atoms with Crippen molar-refractivity contribution in [1.82, 2.24) is 15.3 Å². The molecule has 13 nitrogen and oxygen atoms in total. The minimum absolute atomic E-state index is 0.0842. The number of nitrogens with one attached hydrogen (secondary N) is 1. The molecule has 0 radical (unpaired) electrons. The maximum absolute atomic E-state index is 11.1.